The van der Waals surface area contributed by atoms with E-state index in [1.165, 1.54) is 154 Å². The zero-order valence-corrected chi connectivity index (χ0v) is 41.8. The second-order valence-electron chi connectivity index (χ2n) is 18.1. The van der Waals surface area contributed by atoms with Crippen LogP contribution in [0.2, 0.25) is 0 Å². The first-order chi connectivity index (χ1) is 31.0. The van der Waals surface area contributed by atoms with Gasteiger partial charge in [0.1, 0.15) is 13.2 Å². The Morgan fingerprint density at radius 1 is 0.333 bits per heavy atom. The maximum absolute atomic E-state index is 12.8. The number of hydrogen-bond acceptors (Lipinski definition) is 6. The molecule has 0 spiro atoms. The molecule has 0 amide bonds. The fourth-order valence-corrected chi connectivity index (χ4v) is 7.79. The lowest BCUT2D eigenvalue weighted by molar-refractivity contribution is -0.167. The van der Waals surface area contributed by atoms with E-state index in [1.54, 1.807) is 0 Å². The lowest BCUT2D eigenvalue weighted by Crippen LogP contribution is -2.30. The number of ether oxygens (including phenoxy) is 3. The molecule has 1 atom stereocenters. The Kier molecular flexibility index (Phi) is 49.8. The number of rotatable bonds is 49. The van der Waals surface area contributed by atoms with Gasteiger partial charge in [-0.3, -0.25) is 14.4 Å². The third-order valence-corrected chi connectivity index (χ3v) is 11.8. The number of esters is 3. The molecule has 0 saturated heterocycles. The van der Waals surface area contributed by atoms with Crippen LogP contribution in [0.5, 0.6) is 0 Å². The number of carbonyl (C=O) groups is 3. The van der Waals surface area contributed by atoms with Gasteiger partial charge >= 0.3 is 17.9 Å². The number of unbranched alkanes of at least 4 members (excludes halogenated alkanes) is 30. The Morgan fingerprint density at radius 2 is 0.619 bits per heavy atom. The summed E-state index contributed by atoms with van der Waals surface area (Å²) in [6.45, 7) is 6.52. The van der Waals surface area contributed by atoms with Gasteiger partial charge in [0.15, 0.2) is 6.10 Å². The van der Waals surface area contributed by atoms with E-state index in [1.807, 2.05) is 0 Å². The van der Waals surface area contributed by atoms with Crippen molar-refractivity contribution in [2.75, 3.05) is 13.2 Å². The van der Waals surface area contributed by atoms with Gasteiger partial charge in [-0.1, -0.05) is 249 Å². The highest BCUT2D eigenvalue weighted by Gasteiger charge is 2.19. The van der Waals surface area contributed by atoms with Crippen molar-refractivity contribution >= 4 is 17.9 Å². The van der Waals surface area contributed by atoms with Gasteiger partial charge < -0.3 is 14.2 Å². The van der Waals surface area contributed by atoms with E-state index < -0.39 is 6.10 Å². The fraction of sp³-hybridized carbons (Fsp3) is 0.807. The molecule has 6 nitrogen and oxygen atoms in total. The normalized spacial score (nSPS) is 12.4. The standard InChI is InChI=1S/C57H102O6/c1-4-7-10-13-16-19-22-25-28-30-32-35-38-41-44-47-50-56(59)62-53-54(52-61-55(58)49-46-43-40-37-34-31-27-24-21-18-15-12-9-6-3)63-57(60)51-48-45-42-39-36-33-29-26-23-20-17-14-11-8-5-2/h8,11,17,20,26,29,36,39,54H,4-7,9-10,12-16,18-19,21-25,27-28,30-35,37-38,40-53H2,1-3H3/b11-8-,20-17-,29-26-,39-36-. The molecule has 0 fully saturated rings. The van der Waals surface area contributed by atoms with E-state index >= 15 is 0 Å². The maximum Gasteiger partial charge on any atom is 0.306 e. The summed E-state index contributed by atoms with van der Waals surface area (Å²) in [6, 6.07) is 0. The van der Waals surface area contributed by atoms with Crippen LogP contribution < -0.4 is 0 Å². The van der Waals surface area contributed by atoms with Crippen LogP contribution in [0.15, 0.2) is 48.6 Å². The Hall–Kier alpha value is -2.63. The molecule has 0 N–H and O–H groups in total. The predicted molar refractivity (Wildman–Crippen MR) is 270 cm³/mol. The molecule has 366 valence electrons. The highest BCUT2D eigenvalue weighted by Crippen LogP contribution is 2.16. The zero-order valence-electron chi connectivity index (χ0n) is 41.8. The molecule has 0 bridgehead atoms. The van der Waals surface area contributed by atoms with Crippen LogP contribution in [0.4, 0.5) is 0 Å². The molecule has 0 aliphatic carbocycles. The zero-order chi connectivity index (χ0) is 45.8. The Balaban J connectivity index is 4.40. The quantitative estimate of drug-likeness (QED) is 0.0262. The van der Waals surface area contributed by atoms with Crippen LogP contribution in [-0.4, -0.2) is 37.2 Å². The van der Waals surface area contributed by atoms with Gasteiger partial charge in [0, 0.05) is 19.3 Å². The van der Waals surface area contributed by atoms with Gasteiger partial charge in [-0.2, -0.15) is 0 Å². The summed E-state index contributed by atoms with van der Waals surface area (Å²) in [7, 11) is 0. The van der Waals surface area contributed by atoms with Crippen molar-refractivity contribution in [1.82, 2.24) is 0 Å². The van der Waals surface area contributed by atoms with Crippen molar-refractivity contribution < 1.29 is 28.6 Å². The molecule has 0 heterocycles. The van der Waals surface area contributed by atoms with E-state index in [2.05, 4.69) is 69.4 Å². The van der Waals surface area contributed by atoms with E-state index in [0.29, 0.717) is 19.3 Å². The first-order valence-corrected chi connectivity index (χ1v) is 27.1. The molecule has 1 unspecified atom stereocenters. The number of allylic oxidation sites excluding steroid dienone is 8. The second-order valence-corrected chi connectivity index (χ2v) is 18.1. The monoisotopic (exact) mass is 883 g/mol. The molecule has 0 saturated carbocycles. The Labute approximate surface area is 390 Å². The molecule has 0 aliphatic heterocycles. The van der Waals surface area contributed by atoms with Crippen LogP contribution >= 0.6 is 0 Å². The topological polar surface area (TPSA) is 78.9 Å². The largest absolute Gasteiger partial charge is 0.462 e. The third-order valence-electron chi connectivity index (χ3n) is 11.8. The minimum Gasteiger partial charge on any atom is -0.462 e. The van der Waals surface area contributed by atoms with E-state index in [0.717, 1.165) is 77.0 Å². The lowest BCUT2D eigenvalue weighted by Gasteiger charge is -2.18. The number of hydrogen-bond donors (Lipinski definition) is 0. The highest BCUT2D eigenvalue weighted by atomic mass is 16.6. The average molecular weight is 883 g/mol. The Morgan fingerprint density at radius 3 is 0.968 bits per heavy atom. The lowest BCUT2D eigenvalue weighted by atomic mass is 10.0. The van der Waals surface area contributed by atoms with Gasteiger partial charge in [-0.25, -0.2) is 0 Å². The Bertz CT molecular complexity index is 1110. The van der Waals surface area contributed by atoms with Crippen molar-refractivity contribution in [2.45, 2.75) is 284 Å². The molecule has 0 radical (unpaired) electrons. The summed E-state index contributed by atoms with van der Waals surface area (Å²) in [6.07, 6.45) is 62.4. The summed E-state index contributed by atoms with van der Waals surface area (Å²) in [5.74, 6) is -0.914. The SMILES string of the molecule is CC/C=C\C/C=C\C/C=C\C/C=C\CCCCC(=O)OC(COC(=O)CCCCCCCCCCCCCCCC)COC(=O)CCCCCCCCCCCCCCCCCC. The van der Waals surface area contributed by atoms with Crippen molar-refractivity contribution in [3.8, 4) is 0 Å². The summed E-state index contributed by atoms with van der Waals surface area (Å²) < 4.78 is 16.8. The van der Waals surface area contributed by atoms with Crippen molar-refractivity contribution in [1.29, 1.82) is 0 Å². The minimum absolute atomic E-state index is 0.0858. The van der Waals surface area contributed by atoms with Crippen LogP contribution in [-0.2, 0) is 28.6 Å². The molecule has 0 aromatic carbocycles. The van der Waals surface area contributed by atoms with Crippen LogP contribution in [0.1, 0.15) is 278 Å². The van der Waals surface area contributed by atoms with Gasteiger partial charge in [0.05, 0.1) is 0 Å². The van der Waals surface area contributed by atoms with Crippen LogP contribution in [0.3, 0.4) is 0 Å². The summed E-state index contributed by atoms with van der Waals surface area (Å²) in [5, 5.41) is 0. The molecule has 0 aromatic rings. The predicted octanol–water partition coefficient (Wildman–Crippen LogP) is 17.9. The van der Waals surface area contributed by atoms with Crippen LogP contribution in [0, 0.1) is 0 Å². The second kappa shape index (κ2) is 52.0. The summed E-state index contributed by atoms with van der Waals surface area (Å²) >= 11 is 0. The van der Waals surface area contributed by atoms with E-state index in [-0.39, 0.29) is 37.5 Å². The molecular weight excluding hydrogens is 781 g/mol. The third kappa shape index (κ3) is 50.2. The van der Waals surface area contributed by atoms with Crippen molar-refractivity contribution in [3.05, 3.63) is 48.6 Å². The molecule has 63 heavy (non-hydrogen) atoms. The van der Waals surface area contributed by atoms with Crippen LogP contribution in [0.25, 0.3) is 0 Å². The number of carbonyl (C=O) groups excluding carboxylic acids is 3. The smallest absolute Gasteiger partial charge is 0.306 e. The summed E-state index contributed by atoms with van der Waals surface area (Å²) in [5.41, 5.74) is 0. The maximum atomic E-state index is 12.8. The molecule has 0 aromatic heterocycles. The fourth-order valence-electron chi connectivity index (χ4n) is 7.79. The van der Waals surface area contributed by atoms with E-state index in [9.17, 15) is 14.4 Å². The highest BCUT2D eigenvalue weighted by molar-refractivity contribution is 5.71. The first kappa shape index (κ1) is 60.4. The molecule has 0 aliphatic rings. The van der Waals surface area contributed by atoms with Crippen molar-refractivity contribution in [2.24, 2.45) is 0 Å². The molecule has 0 rings (SSSR count). The van der Waals surface area contributed by atoms with Crippen molar-refractivity contribution in [3.63, 3.8) is 0 Å². The van der Waals surface area contributed by atoms with Gasteiger partial charge in [0.2, 0.25) is 0 Å². The first-order valence-electron chi connectivity index (χ1n) is 27.1. The molecular formula is C57H102O6. The minimum atomic E-state index is -0.790. The molecule has 6 heteroatoms. The van der Waals surface area contributed by atoms with Gasteiger partial charge in [0.25, 0.3) is 0 Å². The average Bonchev–Trinajstić information content (AvgIpc) is 3.28. The van der Waals surface area contributed by atoms with E-state index in [4.69, 9.17) is 14.2 Å². The summed E-state index contributed by atoms with van der Waals surface area (Å²) in [4.78, 5) is 38.0. The van der Waals surface area contributed by atoms with Gasteiger partial charge in [-0.15, -0.1) is 0 Å². The van der Waals surface area contributed by atoms with Gasteiger partial charge in [-0.05, 0) is 57.8 Å².